The fourth-order valence-electron chi connectivity index (χ4n) is 2.92. The Morgan fingerprint density at radius 2 is 1.63 bits per heavy atom. The van der Waals surface area contributed by atoms with Crippen molar-refractivity contribution in [1.82, 2.24) is 10.2 Å². The standard InChI is InChI=1S/C23H28Cl2N2O3/c1-15(2)13-26-23(29)16(3)27(14-17-8-10-18(30-4)11-9-17)22(28)12-19-20(24)6-5-7-21(19)25/h5-11,15-16H,12-14H2,1-4H3,(H,26,29). The second-order valence-corrected chi connectivity index (χ2v) is 8.38. The minimum atomic E-state index is -0.653. The maximum absolute atomic E-state index is 13.2. The maximum Gasteiger partial charge on any atom is 0.242 e. The first-order valence-corrected chi connectivity index (χ1v) is 10.6. The quantitative estimate of drug-likeness (QED) is 0.600. The Hall–Kier alpha value is -2.24. The third kappa shape index (κ3) is 6.64. The van der Waals surface area contributed by atoms with Crippen LogP contribution in [0.5, 0.6) is 5.75 Å². The summed E-state index contributed by atoms with van der Waals surface area (Å²) >= 11 is 12.5. The molecular formula is C23H28Cl2N2O3. The summed E-state index contributed by atoms with van der Waals surface area (Å²) in [5.41, 5.74) is 1.44. The van der Waals surface area contributed by atoms with Crippen LogP contribution < -0.4 is 10.1 Å². The summed E-state index contributed by atoms with van der Waals surface area (Å²) in [6, 6.07) is 11.9. The van der Waals surface area contributed by atoms with E-state index in [9.17, 15) is 9.59 Å². The van der Waals surface area contributed by atoms with Gasteiger partial charge in [0.15, 0.2) is 0 Å². The molecule has 0 heterocycles. The van der Waals surface area contributed by atoms with E-state index in [0.717, 1.165) is 11.3 Å². The lowest BCUT2D eigenvalue weighted by molar-refractivity contribution is -0.140. The molecule has 0 saturated carbocycles. The average molecular weight is 451 g/mol. The SMILES string of the molecule is COc1ccc(CN(C(=O)Cc2c(Cl)cccc2Cl)C(C)C(=O)NCC(C)C)cc1. The van der Waals surface area contributed by atoms with Crippen LogP contribution in [0.15, 0.2) is 42.5 Å². The summed E-state index contributed by atoms with van der Waals surface area (Å²) in [7, 11) is 1.60. The molecule has 0 aliphatic heterocycles. The van der Waals surface area contributed by atoms with E-state index in [-0.39, 0.29) is 24.8 Å². The largest absolute Gasteiger partial charge is 0.497 e. The van der Waals surface area contributed by atoms with E-state index in [1.54, 1.807) is 37.1 Å². The molecule has 0 aromatic heterocycles. The molecule has 0 aliphatic carbocycles. The van der Waals surface area contributed by atoms with Crippen molar-refractivity contribution in [2.45, 2.75) is 39.8 Å². The van der Waals surface area contributed by atoms with E-state index in [1.807, 2.05) is 38.1 Å². The Balaban J connectivity index is 2.26. The number of rotatable bonds is 9. The zero-order valence-corrected chi connectivity index (χ0v) is 19.3. The van der Waals surface area contributed by atoms with E-state index in [4.69, 9.17) is 27.9 Å². The van der Waals surface area contributed by atoms with Crippen LogP contribution in [0.25, 0.3) is 0 Å². The topological polar surface area (TPSA) is 58.6 Å². The molecule has 0 saturated heterocycles. The molecule has 5 nitrogen and oxygen atoms in total. The van der Waals surface area contributed by atoms with Gasteiger partial charge in [-0.15, -0.1) is 0 Å². The second-order valence-electron chi connectivity index (χ2n) is 7.56. The van der Waals surface area contributed by atoms with Gasteiger partial charge in [-0.1, -0.05) is 55.2 Å². The predicted molar refractivity (Wildman–Crippen MR) is 121 cm³/mol. The highest BCUT2D eigenvalue weighted by Crippen LogP contribution is 2.26. The van der Waals surface area contributed by atoms with Crippen molar-refractivity contribution in [2.75, 3.05) is 13.7 Å². The fraction of sp³-hybridized carbons (Fsp3) is 0.391. The summed E-state index contributed by atoms with van der Waals surface area (Å²) < 4.78 is 5.19. The average Bonchev–Trinajstić information content (AvgIpc) is 2.72. The number of methoxy groups -OCH3 is 1. The van der Waals surface area contributed by atoms with Crippen molar-refractivity contribution >= 4 is 35.0 Å². The third-order valence-electron chi connectivity index (χ3n) is 4.75. The molecule has 0 radical (unpaired) electrons. The van der Waals surface area contributed by atoms with Gasteiger partial charge < -0.3 is 15.0 Å². The molecule has 2 amide bonds. The van der Waals surface area contributed by atoms with E-state index >= 15 is 0 Å². The van der Waals surface area contributed by atoms with Gasteiger partial charge in [-0.05, 0) is 48.2 Å². The zero-order valence-electron chi connectivity index (χ0n) is 17.7. The van der Waals surface area contributed by atoms with Crippen molar-refractivity contribution in [1.29, 1.82) is 0 Å². The van der Waals surface area contributed by atoms with Crippen LogP contribution in [-0.4, -0.2) is 36.4 Å². The van der Waals surface area contributed by atoms with Crippen LogP contribution in [0, 0.1) is 5.92 Å². The number of nitrogens with one attached hydrogen (secondary N) is 1. The predicted octanol–water partition coefficient (Wildman–Crippen LogP) is 4.73. The number of nitrogens with zero attached hydrogens (tertiary/aromatic N) is 1. The molecular weight excluding hydrogens is 423 g/mol. The monoisotopic (exact) mass is 450 g/mol. The number of halogens is 2. The molecule has 1 unspecified atom stereocenters. The Labute approximate surface area is 188 Å². The third-order valence-corrected chi connectivity index (χ3v) is 5.46. The van der Waals surface area contributed by atoms with E-state index < -0.39 is 6.04 Å². The number of amides is 2. The molecule has 2 rings (SSSR count). The van der Waals surface area contributed by atoms with Crippen LogP contribution in [0.3, 0.4) is 0 Å². The van der Waals surface area contributed by atoms with Gasteiger partial charge in [-0.25, -0.2) is 0 Å². The summed E-state index contributed by atoms with van der Waals surface area (Å²) in [6.07, 6.45) is 0.0104. The Morgan fingerprint density at radius 1 is 1.03 bits per heavy atom. The molecule has 0 fully saturated rings. The van der Waals surface area contributed by atoms with Crippen molar-refractivity contribution in [3.05, 3.63) is 63.6 Å². The fourth-order valence-corrected chi connectivity index (χ4v) is 3.45. The molecule has 0 bridgehead atoms. The van der Waals surface area contributed by atoms with Gasteiger partial charge in [-0.3, -0.25) is 9.59 Å². The Bertz CT molecular complexity index is 849. The van der Waals surface area contributed by atoms with Crippen LogP contribution in [-0.2, 0) is 22.6 Å². The van der Waals surface area contributed by atoms with E-state index in [2.05, 4.69) is 5.32 Å². The van der Waals surface area contributed by atoms with Crippen molar-refractivity contribution < 1.29 is 14.3 Å². The van der Waals surface area contributed by atoms with Gasteiger partial charge in [0, 0.05) is 23.1 Å². The minimum Gasteiger partial charge on any atom is -0.497 e. The number of ether oxygens (including phenoxy) is 1. The molecule has 2 aromatic carbocycles. The maximum atomic E-state index is 13.2. The van der Waals surface area contributed by atoms with Crippen LogP contribution in [0.4, 0.5) is 0 Å². The number of hydrogen-bond donors (Lipinski definition) is 1. The lowest BCUT2D eigenvalue weighted by Gasteiger charge is -2.29. The molecule has 162 valence electrons. The number of carbonyl (C=O) groups is 2. The van der Waals surface area contributed by atoms with Crippen molar-refractivity contribution in [3.8, 4) is 5.75 Å². The molecule has 30 heavy (non-hydrogen) atoms. The number of benzene rings is 2. The summed E-state index contributed by atoms with van der Waals surface area (Å²) in [5.74, 6) is 0.611. The molecule has 1 atom stereocenters. The van der Waals surface area contributed by atoms with Gasteiger partial charge in [-0.2, -0.15) is 0 Å². The Morgan fingerprint density at radius 3 is 2.17 bits per heavy atom. The first kappa shape index (κ1) is 24.0. The summed E-state index contributed by atoms with van der Waals surface area (Å²) in [5, 5.41) is 3.76. The van der Waals surface area contributed by atoms with E-state index in [0.29, 0.717) is 28.1 Å². The normalized spacial score (nSPS) is 11.8. The lowest BCUT2D eigenvalue weighted by Crippen LogP contribution is -2.48. The lowest BCUT2D eigenvalue weighted by atomic mass is 10.1. The molecule has 1 N–H and O–H groups in total. The summed E-state index contributed by atoms with van der Waals surface area (Å²) in [4.78, 5) is 27.5. The second kappa shape index (κ2) is 11.2. The molecule has 7 heteroatoms. The van der Waals surface area contributed by atoms with Crippen LogP contribution in [0.1, 0.15) is 31.9 Å². The molecule has 2 aromatic rings. The van der Waals surface area contributed by atoms with Crippen molar-refractivity contribution in [2.24, 2.45) is 5.92 Å². The van der Waals surface area contributed by atoms with Crippen LogP contribution in [0.2, 0.25) is 10.0 Å². The minimum absolute atomic E-state index is 0.0104. The molecule has 0 spiro atoms. The number of hydrogen-bond acceptors (Lipinski definition) is 3. The first-order valence-electron chi connectivity index (χ1n) is 9.86. The van der Waals surface area contributed by atoms with Gasteiger partial charge in [0.1, 0.15) is 11.8 Å². The van der Waals surface area contributed by atoms with E-state index in [1.165, 1.54) is 0 Å². The van der Waals surface area contributed by atoms with Gasteiger partial charge >= 0.3 is 0 Å². The van der Waals surface area contributed by atoms with Gasteiger partial charge in [0.05, 0.1) is 13.5 Å². The van der Waals surface area contributed by atoms with Crippen molar-refractivity contribution in [3.63, 3.8) is 0 Å². The first-order chi connectivity index (χ1) is 14.2. The van der Waals surface area contributed by atoms with Gasteiger partial charge in [0.25, 0.3) is 0 Å². The van der Waals surface area contributed by atoms with Gasteiger partial charge in [0.2, 0.25) is 11.8 Å². The highest BCUT2D eigenvalue weighted by molar-refractivity contribution is 6.36. The zero-order chi connectivity index (χ0) is 22.3. The Kier molecular flexibility index (Phi) is 9.00. The highest BCUT2D eigenvalue weighted by Gasteiger charge is 2.27. The summed E-state index contributed by atoms with van der Waals surface area (Å²) in [6.45, 7) is 6.59. The molecule has 0 aliphatic rings. The highest BCUT2D eigenvalue weighted by atomic mass is 35.5. The smallest absolute Gasteiger partial charge is 0.242 e. The number of carbonyl (C=O) groups excluding carboxylic acids is 2. The van der Waals surface area contributed by atoms with Crippen LogP contribution >= 0.6 is 23.2 Å².